The van der Waals surface area contributed by atoms with E-state index in [1.54, 1.807) is 12.1 Å². The minimum absolute atomic E-state index is 0.0101. The first-order chi connectivity index (χ1) is 14.0. The highest BCUT2D eigenvalue weighted by Crippen LogP contribution is 2.34. The molecule has 1 aliphatic rings. The van der Waals surface area contributed by atoms with Gasteiger partial charge in [0.2, 0.25) is 0 Å². The van der Waals surface area contributed by atoms with Crippen LogP contribution in [0.15, 0.2) is 82.5 Å². The number of anilines is 1. The number of nitrogens with zero attached hydrogens (tertiary/aromatic N) is 1. The molecule has 0 bridgehead atoms. The van der Waals surface area contributed by atoms with Crippen LogP contribution >= 0.6 is 11.8 Å². The lowest BCUT2D eigenvalue weighted by Gasteiger charge is -2.27. The topological polar surface area (TPSA) is 82.0 Å². The number of carbonyl (C=O) groups is 2. The van der Waals surface area contributed by atoms with Gasteiger partial charge in [0.15, 0.2) is 5.78 Å². The van der Waals surface area contributed by atoms with E-state index < -0.39 is 0 Å². The van der Waals surface area contributed by atoms with Crippen LogP contribution < -0.4 is 10.6 Å². The van der Waals surface area contributed by atoms with Crippen molar-refractivity contribution in [1.82, 2.24) is 5.32 Å². The number of Topliss-reactive ketones (excluding diaryl/α,β-unsaturated/α-hetero) is 1. The second-order valence-electron chi connectivity index (χ2n) is 6.64. The molecule has 5 nitrogen and oxygen atoms in total. The van der Waals surface area contributed by atoms with Crippen LogP contribution in [0.2, 0.25) is 0 Å². The first-order valence-electron chi connectivity index (χ1n) is 9.20. The summed E-state index contributed by atoms with van der Waals surface area (Å²) in [6.45, 7) is 3.65. The SMILES string of the molecule is CC1=C(C(=O)Nc2ccccc2)C(C)C(C#N)=C(SCC(=O)c2ccccc2)N1. The van der Waals surface area contributed by atoms with Crippen LogP contribution in [0.4, 0.5) is 5.69 Å². The number of para-hydroxylation sites is 1. The zero-order valence-electron chi connectivity index (χ0n) is 16.2. The number of rotatable bonds is 6. The Hall–Kier alpha value is -3.30. The number of hydrogen-bond donors (Lipinski definition) is 2. The summed E-state index contributed by atoms with van der Waals surface area (Å²) in [5.41, 5.74) is 2.99. The number of dihydropyridines is 1. The average molecular weight is 404 g/mol. The number of carbonyl (C=O) groups excluding carboxylic acids is 2. The van der Waals surface area contributed by atoms with E-state index in [1.165, 1.54) is 11.8 Å². The fourth-order valence-electron chi connectivity index (χ4n) is 3.16. The number of amides is 1. The van der Waals surface area contributed by atoms with Crippen LogP contribution in [-0.2, 0) is 4.79 Å². The van der Waals surface area contributed by atoms with Crippen molar-refractivity contribution in [2.75, 3.05) is 11.1 Å². The molecule has 3 rings (SSSR count). The molecule has 0 aliphatic carbocycles. The lowest BCUT2D eigenvalue weighted by Crippen LogP contribution is -2.30. The van der Waals surface area contributed by atoms with Gasteiger partial charge in [-0.25, -0.2) is 0 Å². The van der Waals surface area contributed by atoms with Gasteiger partial charge in [-0.15, -0.1) is 0 Å². The van der Waals surface area contributed by atoms with Gasteiger partial charge >= 0.3 is 0 Å². The maximum absolute atomic E-state index is 12.8. The normalized spacial score (nSPS) is 16.1. The molecule has 6 heteroatoms. The highest BCUT2D eigenvalue weighted by atomic mass is 32.2. The van der Waals surface area contributed by atoms with Crippen LogP contribution in [0.25, 0.3) is 0 Å². The first kappa shape index (κ1) is 20.4. The maximum atomic E-state index is 12.8. The second kappa shape index (κ2) is 9.26. The lowest BCUT2D eigenvalue weighted by atomic mass is 9.89. The number of nitriles is 1. The zero-order chi connectivity index (χ0) is 20.8. The molecule has 2 aromatic carbocycles. The predicted molar refractivity (Wildman–Crippen MR) is 116 cm³/mol. The van der Waals surface area contributed by atoms with Gasteiger partial charge in [0.1, 0.15) is 0 Å². The van der Waals surface area contributed by atoms with E-state index in [0.717, 1.165) is 0 Å². The smallest absolute Gasteiger partial charge is 0.253 e. The van der Waals surface area contributed by atoms with Gasteiger partial charge in [-0.1, -0.05) is 67.2 Å². The Bertz CT molecular complexity index is 1020. The van der Waals surface area contributed by atoms with Gasteiger partial charge in [0, 0.05) is 28.4 Å². The molecule has 0 spiro atoms. The standard InChI is InChI=1S/C23H21N3O2S/c1-15-19(13-24)23(29-14-20(27)17-9-5-3-6-10-17)25-16(2)21(15)22(28)26-18-11-7-4-8-12-18/h3-12,15,25H,14H2,1-2H3,(H,26,28). The number of hydrogen-bond acceptors (Lipinski definition) is 5. The Morgan fingerprint density at radius 2 is 1.72 bits per heavy atom. The molecule has 1 atom stereocenters. The number of thioether (sulfide) groups is 1. The van der Waals surface area contributed by atoms with E-state index in [-0.39, 0.29) is 23.4 Å². The van der Waals surface area contributed by atoms with Crippen molar-refractivity contribution in [2.45, 2.75) is 13.8 Å². The van der Waals surface area contributed by atoms with Crippen molar-refractivity contribution in [1.29, 1.82) is 5.26 Å². The summed E-state index contributed by atoms with van der Waals surface area (Å²) in [5, 5.41) is 16.3. The van der Waals surface area contributed by atoms with Gasteiger partial charge in [0.25, 0.3) is 5.91 Å². The van der Waals surface area contributed by atoms with Crippen molar-refractivity contribution in [3.63, 3.8) is 0 Å². The largest absolute Gasteiger partial charge is 0.353 e. The molecule has 0 radical (unpaired) electrons. The molecule has 29 heavy (non-hydrogen) atoms. The third-order valence-electron chi connectivity index (χ3n) is 4.66. The van der Waals surface area contributed by atoms with Crippen LogP contribution in [0.5, 0.6) is 0 Å². The first-order valence-corrected chi connectivity index (χ1v) is 10.2. The van der Waals surface area contributed by atoms with Crippen molar-refractivity contribution in [2.24, 2.45) is 5.92 Å². The molecule has 0 aromatic heterocycles. The van der Waals surface area contributed by atoms with E-state index in [4.69, 9.17) is 0 Å². The summed E-state index contributed by atoms with van der Waals surface area (Å²) in [6.07, 6.45) is 0. The molecule has 1 amide bonds. The van der Waals surface area contributed by atoms with Crippen molar-refractivity contribution in [3.05, 3.63) is 88.1 Å². The number of allylic oxidation sites excluding steroid dienone is 2. The molecule has 1 unspecified atom stereocenters. The highest BCUT2D eigenvalue weighted by molar-refractivity contribution is 8.03. The molecule has 0 saturated carbocycles. The summed E-state index contributed by atoms with van der Waals surface area (Å²) in [7, 11) is 0. The molecule has 0 fully saturated rings. The van der Waals surface area contributed by atoms with Crippen LogP contribution in [0, 0.1) is 17.2 Å². The predicted octanol–water partition coefficient (Wildman–Crippen LogP) is 4.49. The molecular formula is C23H21N3O2S. The Morgan fingerprint density at radius 1 is 1.10 bits per heavy atom. The van der Waals surface area contributed by atoms with E-state index in [0.29, 0.717) is 33.1 Å². The van der Waals surface area contributed by atoms with Crippen LogP contribution in [0.3, 0.4) is 0 Å². The van der Waals surface area contributed by atoms with Gasteiger partial charge in [-0.2, -0.15) is 5.26 Å². The fraction of sp³-hybridized carbons (Fsp3) is 0.174. The minimum atomic E-state index is -0.376. The zero-order valence-corrected chi connectivity index (χ0v) is 17.0. The van der Waals surface area contributed by atoms with Crippen molar-refractivity contribution >= 4 is 29.1 Å². The third kappa shape index (κ3) is 4.76. The minimum Gasteiger partial charge on any atom is -0.353 e. The lowest BCUT2D eigenvalue weighted by molar-refractivity contribution is -0.113. The molecule has 1 aliphatic heterocycles. The Labute approximate surface area is 174 Å². The van der Waals surface area contributed by atoms with E-state index in [9.17, 15) is 14.9 Å². The van der Waals surface area contributed by atoms with Crippen LogP contribution in [0.1, 0.15) is 24.2 Å². The molecule has 1 heterocycles. The molecular weight excluding hydrogens is 382 g/mol. The van der Waals surface area contributed by atoms with E-state index in [1.807, 2.05) is 62.4 Å². The molecule has 146 valence electrons. The number of nitrogens with one attached hydrogen (secondary N) is 2. The molecule has 0 saturated heterocycles. The Kier molecular flexibility index (Phi) is 6.53. The van der Waals surface area contributed by atoms with Crippen molar-refractivity contribution in [3.8, 4) is 6.07 Å². The van der Waals surface area contributed by atoms with Gasteiger partial charge in [0.05, 0.1) is 22.4 Å². The molecule has 2 N–H and O–H groups in total. The number of benzene rings is 2. The van der Waals surface area contributed by atoms with Crippen molar-refractivity contribution < 1.29 is 9.59 Å². The summed E-state index contributed by atoms with van der Waals surface area (Å²) < 4.78 is 0. The van der Waals surface area contributed by atoms with Gasteiger partial charge in [-0.3, -0.25) is 9.59 Å². The maximum Gasteiger partial charge on any atom is 0.253 e. The summed E-state index contributed by atoms with van der Waals surface area (Å²) in [6, 6.07) is 20.5. The number of ketones is 1. The Morgan fingerprint density at radius 3 is 2.34 bits per heavy atom. The monoisotopic (exact) mass is 403 g/mol. The summed E-state index contributed by atoms with van der Waals surface area (Å²) in [5.74, 6) is -0.419. The average Bonchev–Trinajstić information content (AvgIpc) is 2.73. The highest BCUT2D eigenvalue weighted by Gasteiger charge is 2.30. The third-order valence-corrected chi connectivity index (χ3v) is 5.67. The molecule has 2 aromatic rings. The second-order valence-corrected chi connectivity index (χ2v) is 7.62. The quantitative estimate of drug-likeness (QED) is 0.695. The van der Waals surface area contributed by atoms with Crippen LogP contribution in [-0.4, -0.2) is 17.4 Å². The Balaban J connectivity index is 1.74. The summed E-state index contributed by atoms with van der Waals surface area (Å²) >= 11 is 1.29. The summed E-state index contributed by atoms with van der Waals surface area (Å²) in [4.78, 5) is 25.2. The van der Waals surface area contributed by atoms with Gasteiger partial charge < -0.3 is 10.6 Å². The fourth-order valence-corrected chi connectivity index (χ4v) is 4.21. The van der Waals surface area contributed by atoms with Gasteiger partial charge in [-0.05, 0) is 19.1 Å². The van der Waals surface area contributed by atoms with E-state index >= 15 is 0 Å². The van der Waals surface area contributed by atoms with E-state index in [2.05, 4.69) is 16.7 Å².